The summed E-state index contributed by atoms with van der Waals surface area (Å²) in [5, 5.41) is 13.7. The summed E-state index contributed by atoms with van der Waals surface area (Å²) < 4.78 is 50.2. The van der Waals surface area contributed by atoms with E-state index in [1.807, 2.05) is 12.2 Å². The van der Waals surface area contributed by atoms with E-state index in [2.05, 4.69) is 32.1 Å². The highest BCUT2D eigenvalue weighted by Gasteiger charge is 2.58. The Morgan fingerprint density at radius 2 is 1.97 bits per heavy atom. The molecule has 196 valence electrons. The maximum Gasteiger partial charge on any atom is 0.365 e. The van der Waals surface area contributed by atoms with Crippen molar-refractivity contribution in [1.82, 2.24) is 5.01 Å². The molecule has 3 unspecified atom stereocenters. The molecule has 0 aromatic carbocycles. The van der Waals surface area contributed by atoms with Crippen molar-refractivity contribution in [2.45, 2.75) is 39.5 Å². The number of carbonyl (C=O) groups is 1. The Balaban J connectivity index is 3.03. The molecule has 11 heteroatoms. The summed E-state index contributed by atoms with van der Waals surface area (Å²) in [6, 6.07) is 0. The Morgan fingerprint density at radius 1 is 1.40 bits per heavy atom. The molecule has 1 saturated carbocycles. The molecule has 0 aromatic rings. The van der Waals surface area contributed by atoms with Crippen LogP contribution >= 0.6 is 11.6 Å². The molecule has 0 aliphatic heterocycles. The first-order valence-electron chi connectivity index (χ1n) is 11.3. The van der Waals surface area contributed by atoms with Crippen molar-refractivity contribution in [1.29, 1.82) is 5.41 Å². The minimum absolute atomic E-state index is 0.0560. The SMILES string of the molecule is C=CC(=CC=CC(C)CC)N(C)N=C(Cl)C(=C)[N+](C)(CC)C(=O)C(=N)CS(=O)(=O)CC1CC1(F)F. The number of carbonyl (C=O) groups excluding carboxylic acids is 1. The Labute approximate surface area is 212 Å². The second-order valence-corrected chi connectivity index (χ2v) is 11.4. The van der Waals surface area contributed by atoms with Gasteiger partial charge in [-0.1, -0.05) is 50.6 Å². The predicted molar refractivity (Wildman–Crippen MR) is 138 cm³/mol. The van der Waals surface area contributed by atoms with E-state index in [0.29, 0.717) is 11.6 Å². The normalized spacial score (nSPS) is 20.7. The minimum Gasteiger partial charge on any atom is -0.295 e. The number of amides is 1. The fourth-order valence-corrected chi connectivity index (χ4v) is 5.05. The Kier molecular flexibility index (Phi) is 10.7. The standard InChI is InChI=1S/C24H36ClF2N4O3S/c1-8-17(4)12-11-13-20(9-2)30(6)29-22(25)18(5)31(7,10-3)23(32)21(28)16-35(33,34)15-19-14-24(19,26)27/h9,11-13,17,19,28H,2,5,8,10,14-16H2,1,3-4,6-7H3/q+1. The highest BCUT2D eigenvalue weighted by atomic mass is 35.5. The first kappa shape index (κ1) is 30.9. The van der Waals surface area contributed by atoms with Crippen molar-refractivity contribution in [2.75, 3.05) is 32.1 Å². The van der Waals surface area contributed by atoms with E-state index in [9.17, 15) is 22.0 Å². The molecule has 0 bridgehead atoms. The molecule has 7 nitrogen and oxygen atoms in total. The molecule has 0 radical (unpaired) electrons. The van der Waals surface area contributed by atoms with Crippen LogP contribution in [-0.2, 0) is 14.6 Å². The van der Waals surface area contributed by atoms with Crippen LogP contribution in [0.25, 0.3) is 0 Å². The second kappa shape index (κ2) is 12.2. The monoisotopic (exact) mass is 533 g/mol. The van der Waals surface area contributed by atoms with Gasteiger partial charge in [0.15, 0.2) is 21.2 Å². The molecular weight excluding hydrogens is 498 g/mol. The van der Waals surface area contributed by atoms with Crippen molar-refractivity contribution in [3.8, 4) is 0 Å². The molecule has 1 N–H and O–H groups in total. The Morgan fingerprint density at radius 3 is 2.43 bits per heavy atom. The van der Waals surface area contributed by atoms with Crippen LogP contribution < -0.4 is 0 Å². The van der Waals surface area contributed by atoms with E-state index in [0.717, 1.165) is 6.42 Å². The van der Waals surface area contributed by atoms with Gasteiger partial charge in [-0.2, -0.15) is 5.10 Å². The zero-order valence-corrected chi connectivity index (χ0v) is 22.6. The van der Waals surface area contributed by atoms with Gasteiger partial charge in [-0.3, -0.25) is 10.4 Å². The third-order valence-electron chi connectivity index (χ3n) is 6.12. The summed E-state index contributed by atoms with van der Waals surface area (Å²) in [6.07, 6.45) is 7.81. The number of nitrogens with zero attached hydrogens (tertiary/aromatic N) is 3. The maximum atomic E-state index is 13.1. The Bertz CT molecular complexity index is 1050. The zero-order chi connectivity index (χ0) is 27.2. The van der Waals surface area contributed by atoms with Gasteiger partial charge in [-0.25, -0.2) is 26.5 Å². The first-order valence-corrected chi connectivity index (χ1v) is 13.5. The lowest BCUT2D eigenvalue weighted by molar-refractivity contribution is -0.783. The lowest BCUT2D eigenvalue weighted by Gasteiger charge is -2.31. The molecule has 0 heterocycles. The third-order valence-corrected chi connectivity index (χ3v) is 8.05. The number of quaternary nitrogens is 1. The quantitative estimate of drug-likeness (QED) is 0.151. The molecule has 1 rings (SSSR count). The Hall–Kier alpha value is -2.17. The number of likely N-dealkylation sites (N-methyl/N-ethyl adjacent to an activating group) is 1. The number of nitrogens with one attached hydrogen (secondary N) is 1. The summed E-state index contributed by atoms with van der Waals surface area (Å²) in [4.78, 5) is 13.1. The number of sulfone groups is 1. The first-order chi connectivity index (χ1) is 16.0. The van der Waals surface area contributed by atoms with Gasteiger partial charge in [0, 0.05) is 19.4 Å². The van der Waals surface area contributed by atoms with Crippen LogP contribution in [0.5, 0.6) is 0 Å². The maximum absolute atomic E-state index is 13.1. The van der Waals surface area contributed by atoms with Crippen molar-refractivity contribution < 1.29 is 26.5 Å². The highest BCUT2D eigenvalue weighted by Crippen LogP contribution is 2.49. The number of allylic oxidation sites excluding steroid dienone is 5. The summed E-state index contributed by atoms with van der Waals surface area (Å²) in [5.41, 5.74) is -0.0390. The van der Waals surface area contributed by atoms with E-state index in [1.54, 1.807) is 26.1 Å². The van der Waals surface area contributed by atoms with Gasteiger partial charge in [-0.15, -0.1) is 0 Å². The molecule has 0 saturated heterocycles. The van der Waals surface area contributed by atoms with Gasteiger partial charge in [-0.05, 0) is 31.6 Å². The predicted octanol–water partition coefficient (Wildman–Crippen LogP) is 4.74. The van der Waals surface area contributed by atoms with E-state index in [-0.39, 0.29) is 17.4 Å². The van der Waals surface area contributed by atoms with Crippen LogP contribution in [0.3, 0.4) is 0 Å². The molecular formula is C24H36ClF2N4O3S+. The molecule has 1 amide bonds. The molecule has 0 spiro atoms. The van der Waals surface area contributed by atoms with Crippen molar-refractivity contribution >= 4 is 38.2 Å². The lowest BCUT2D eigenvalue weighted by Crippen LogP contribution is -2.53. The molecule has 1 fully saturated rings. The number of alkyl halides is 2. The number of hydrogen-bond donors (Lipinski definition) is 1. The number of hydrogen-bond acceptors (Lipinski definition) is 6. The minimum atomic E-state index is -4.06. The van der Waals surface area contributed by atoms with Gasteiger partial charge in [0.05, 0.1) is 25.0 Å². The molecule has 3 atom stereocenters. The van der Waals surface area contributed by atoms with E-state index in [1.165, 1.54) is 12.1 Å². The van der Waals surface area contributed by atoms with Crippen LogP contribution in [0, 0.1) is 17.2 Å². The smallest absolute Gasteiger partial charge is 0.295 e. The summed E-state index contributed by atoms with van der Waals surface area (Å²) in [7, 11) is -0.978. The molecule has 0 aromatic heterocycles. The van der Waals surface area contributed by atoms with E-state index < -0.39 is 55.7 Å². The number of rotatable bonds is 14. The average Bonchev–Trinajstić information content (AvgIpc) is 3.38. The molecule has 35 heavy (non-hydrogen) atoms. The topological polar surface area (TPSA) is 90.7 Å². The van der Waals surface area contributed by atoms with E-state index in [4.69, 9.17) is 17.0 Å². The second-order valence-electron chi connectivity index (χ2n) is 8.94. The van der Waals surface area contributed by atoms with Gasteiger partial charge in [0.25, 0.3) is 5.92 Å². The average molecular weight is 534 g/mol. The third kappa shape index (κ3) is 8.47. The van der Waals surface area contributed by atoms with Crippen LogP contribution in [0.1, 0.15) is 33.6 Å². The summed E-state index contributed by atoms with van der Waals surface area (Å²) >= 11 is 6.38. The zero-order valence-electron chi connectivity index (χ0n) is 21.0. The van der Waals surface area contributed by atoms with Gasteiger partial charge in [0.2, 0.25) is 5.17 Å². The number of halogens is 3. The summed E-state index contributed by atoms with van der Waals surface area (Å²) in [5.74, 6) is -6.40. The molecule has 1 aliphatic carbocycles. The van der Waals surface area contributed by atoms with Crippen molar-refractivity contribution in [2.24, 2.45) is 16.9 Å². The van der Waals surface area contributed by atoms with Crippen LogP contribution in [0.15, 0.2) is 54.0 Å². The van der Waals surface area contributed by atoms with E-state index >= 15 is 0 Å². The summed E-state index contributed by atoms with van der Waals surface area (Å²) in [6.45, 7) is 13.6. The fraction of sp³-hybridized carbons (Fsp3) is 0.542. The largest absolute Gasteiger partial charge is 0.365 e. The lowest BCUT2D eigenvalue weighted by atomic mass is 10.1. The van der Waals surface area contributed by atoms with Gasteiger partial charge < -0.3 is 0 Å². The van der Waals surface area contributed by atoms with Gasteiger partial charge in [0.1, 0.15) is 5.75 Å². The molecule has 1 aliphatic rings. The van der Waals surface area contributed by atoms with Crippen LogP contribution in [0.2, 0.25) is 0 Å². The van der Waals surface area contributed by atoms with Crippen molar-refractivity contribution in [3.63, 3.8) is 0 Å². The van der Waals surface area contributed by atoms with Gasteiger partial charge >= 0.3 is 5.91 Å². The van der Waals surface area contributed by atoms with Crippen molar-refractivity contribution in [3.05, 3.63) is 48.9 Å². The number of hydrazone groups is 1. The fourth-order valence-electron chi connectivity index (χ4n) is 3.09. The van der Waals surface area contributed by atoms with Crippen LogP contribution in [0.4, 0.5) is 8.78 Å². The highest BCUT2D eigenvalue weighted by molar-refractivity contribution is 7.92. The van der Waals surface area contributed by atoms with Crippen LogP contribution in [-0.4, -0.2) is 72.8 Å².